The molecule has 0 bridgehead atoms. The summed E-state index contributed by atoms with van der Waals surface area (Å²) in [5.41, 5.74) is 2.49. The number of carbonyl (C=O) groups is 1. The quantitative estimate of drug-likeness (QED) is 0.686. The number of aryl methyl sites for hydroxylation is 1. The van der Waals surface area contributed by atoms with Crippen LogP contribution in [0.1, 0.15) is 53.3 Å². The summed E-state index contributed by atoms with van der Waals surface area (Å²) in [7, 11) is 1.74. The maximum absolute atomic E-state index is 13.0. The van der Waals surface area contributed by atoms with Crippen molar-refractivity contribution >= 4 is 32.9 Å². The topological polar surface area (TPSA) is 79.8 Å². The van der Waals surface area contributed by atoms with Gasteiger partial charge in [0.15, 0.2) is 5.65 Å². The van der Waals surface area contributed by atoms with Gasteiger partial charge in [-0.3, -0.25) is 19.4 Å². The predicted octanol–water partition coefficient (Wildman–Crippen LogP) is 3.39. The zero-order chi connectivity index (χ0) is 18.4. The van der Waals surface area contributed by atoms with E-state index in [1.807, 2.05) is 31.2 Å². The van der Waals surface area contributed by atoms with E-state index >= 15 is 0 Å². The molecule has 0 aliphatic heterocycles. The molecular weight excluding hydrogens is 396 g/mol. The van der Waals surface area contributed by atoms with Crippen LogP contribution >= 0.6 is 15.9 Å². The number of aromatic nitrogens is 3. The largest absolute Gasteiger partial charge is 0.345 e. The van der Waals surface area contributed by atoms with Crippen LogP contribution in [0.5, 0.6) is 0 Å². The fourth-order valence-corrected chi connectivity index (χ4v) is 3.60. The number of halogens is 1. The number of carbonyl (C=O) groups excluding carboxylic acids is 1. The molecule has 0 spiro atoms. The van der Waals surface area contributed by atoms with Crippen molar-refractivity contribution in [3.63, 3.8) is 0 Å². The van der Waals surface area contributed by atoms with Crippen molar-refractivity contribution in [1.29, 1.82) is 0 Å². The monoisotopic (exact) mass is 414 g/mol. The van der Waals surface area contributed by atoms with Crippen molar-refractivity contribution in [2.24, 2.45) is 7.05 Å². The zero-order valence-corrected chi connectivity index (χ0v) is 16.1. The van der Waals surface area contributed by atoms with Gasteiger partial charge in [-0.1, -0.05) is 28.1 Å². The molecule has 1 saturated carbocycles. The highest BCUT2D eigenvalue weighted by Crippen LogP contribution is 2.40. The van der Waals surface area contributed by atoms with Crippen LogP contribution in [0, 0.1) is 0 Å². The summed E-state index contributed by atoms with van der Waals surface area (Å²) in [4.78, 5) is 29.9. The Balaban J connectivity index is 1.73. The second-order valence-corrected chi connectivity index (χ2v) is 7.73. The second-order valence-electron chi connectivity index (χ2n) is 6.82. The normalized spacial score (nSPS) is 15.2. The molecule has 0 radical (unpaired) electrons. The van der Waals surface area contributed by atoms with E-state index in [0.717, 1.165) is 28.6 Å². The van der Waals surface area contributed by atoms with Crippen LogP contribution in [0.2, 0.25) is 0 Å². The van der Waals surface area contributed by atoms with Gasteiger partial charge in [-0.2, -0.15) is 0 Å². The number of aromatic amines is 1. The number of nitrogens with one attached hydrogen (secondary N) is 2. The highest BCUT2D eigenvalue weighted by Gasteiger charge is 2.28. The Labute approximate surface area is 158 Å². The SMILES string of the molecule is C[C@@H](NC(=O)c1cc(C2CC2)nc2c1c(=O)[nH]n2C)c1cccc(Br)c1. The summed E-state index contributed by atoms with van der Waals surface area (Å²) in [5.74, 6) is 0.127. The van der Waals surface area contributed by atoms with Gasteiger partial charge in [0.05, 0.1) is 17.0 Å². The molecule has 1 fully saturated rings. The van der Waals surface area contributed by atoms with Gasteiger partial charge < -0.3 is 5.32 Å². The molecule has 134 valence electrons. The third-order valence-electron chi connectivity index (χ3n) is 4.77. The third kappa shape index (κ3) is 3.07. The lowest BCUT2D eigenvalue weighted by Gasteiger charge is -2.15. The van der Waals surface area contributed by atoms with Crippen LogP contribution in [-0.2, 0) is 7.05 Å². The first kappa shape index (κ1) is 17.0. The van der Waals surface area contributed by atoms with E-state index in [2.05, 4.69) is 31.3 Å². The fraction of sp³-hybridized carbons (Fsp3) is 0.316. The van der Waals surface area contributed by atoms with Gasteiger partial charge in [-0.05, 0) is 43.5 Å². The second kappa shape index (κ2) is 6.39. The molecule has 2 aromatic heterocycles. The number of fused-ring (bicyclic) bond motifs is 1. The van der Waals surface area contributed by atoms with E-state index in [1.165, 1.54) is 0 Å². The summed E-state index contributed by atoms with van der Waals surface area (Å²) in [6.45, 7) is 1.93. The zero-order valence-electron chi connectivity index (χ0n) is 14.5. The number of benzene rings is 1. The molecule has 0 saturated heterocycles. The van der Waals surface area contributed by atoms with E-state index in [9.17, 15) is 9.59 Å². The Morgan fingerprint density at radius 3 is 2.85 bits per heavy atom. The maximum Gasteiger partial charge on any atom is 0.274 e. The van der Waals surface area contributed by atoms with Gasteiger partial charge in [0.1, 0.15) is 0 Å². The molecule has 2 N–H and O–H groups in total. The van der Waals surface area contributed by atoms with Crippen LogP contribution in [-0.4, -0.2) is 20.7 Å². The Morgan fingerprint density at radius 1 is 1.38 bits per heavy atom. The predicted molar refractivity (Wildman–Crippen MR) is 103 cm³/mol. The van der Waals surface area contributed by atoms with E-state index in [4.69, 9.17) is 0 Å². The van der Waals surface area contributed by atoms with Gasteiger partial charge >= 0.3 is 0 Å². The number of H-pyrrole nitrogens is 1. The Morgan fingerprint density at radius 2 is 2.15 bits per heavy atom. The van der Waals surface area contributed by atoms with Gasteiger partial charge in [0, 0.05) is 23.1 Å². The van der Waals surface area contributed by atoms with Crippen LogP contribution in [0.4, 0.5) is 0 Å². The summed E-state index contributed by atoms with van der Waals surface area (Å²) in [5, 5.41) is 6.05. The van der Waals surface area contributed by atoms with Crippen molar-refractivity contribution in [3.8, 4) is 0 Å². The molecule has 3 aromatic rings. The highest BCUT2D eigenvalue weighted by molar-refractivity contribution is 9.10. The van der Waals surface area contributed by atoms with Gasteiger partial charge in [-0.15, -0.1) is 0 Å². The van der Waals surface area contributed by atoms with Gasteiger partial charge in [0.2, 0.25) is 0 Å². The Hall–Kier alpha value is -2.41. The lowest BCUT2D eigenvalue weighted by Crippen LogP contribution is -2.27. The van der Waals surface area contributed by atoms with Crippen molar-refractivity contribution in [1.82, 2.24) is 20.1 Å². The van der Waals surface area contributed by atoms with Crippen LogP contribution in [0.15, 0.2) is 39.6 Å². The minimum Gasteiger partial charge on any atom is -0.345 e. The number of amides is 1. The van der Waals surface area contributed by atoms with Crippen molar-refractivity contribution < 1.29 is 4.79 Å². The average molecular weight is 415 g/mol. The number of rotatable bonds is 4. The summed E-state index contributed by atoms with van der Waals surface area (Å²) < 4.78 is 2.54. The molecular formula is C19H19BrN4O2. The molecule has 1 aliphatic carbocycles. The summed E-state index contributed by atoms with van der Waals surface area (Å²) in [6.07, 6.45) is 2.15. The van der Waals surface area contributed by atoms with Crippen molar-refractivity contribution in [2.45, 2.75) is 31.7 Å². The molecule has 1 aliphatic rings. The molecule has 4 rings (SSSR count). The summed E-state index contributed by atoms with van der Waals surface area (Å²) >= 11 is 3.45. The van der Waals surface area contributed by atoms with Crippen molar-refractivity contribution in [3.05, 3.63) is 62.0 Å². The number of pyridine rings is 1. The number of nitrogens with zero attached hydrogens (tertiary/aromatic N) is 2. The molecule has 2 heterocycles. The van der Waals surface area contributed by atoms with Crippen LogP contribution < -0.4 is 10.9 Å². The fourth-order valence-electron chi connectivity index (χ4n) is 3.18. The molecule has 26 heavy (non-hydrogen) atoms. The van der Waals surface area contributed by atoms with E-state index < -0.39 is 0 Å². The van der Waals surface area contributed by atoms with E-state index in [-0.39, 0.29) is 17.5 Å². The van der Waals surface area contributed by atoms with Crippen molar-refractivity contribution in [2.75, 3.05) is 0 Å². The lowest BCUT2D eigenvalue weighted by atomic mass is 10.1. The highest BCUT2D eigenvalue weighted by atomic mass is 79.9. The average Bonchev–Trinajstić information content (AvgIpc) is 3.41. The summed E-state index contributed by atoms with van der Waals surface area (Å²) in [6, 6.07) is 9.39. The lowest BCUT2D eigenvalue weighted by molar-refractivity contribution is 0.0941. The first-order valence-electron chi connectivity index (χ1n) is 8.60. The molecule has 1 amide bonds. The number of hydrogen-bond donors (Lipinski definition) is 2. The first-order valence-corrected chi connectivity index (χ1v) is 9.39. The Kier molecular flexibility index (Phi) is 4.19. The molecule has 6 nitrogen and oxygen atoms in total. The van der Waals surface area contributed by atoms with Gasteiger partial charge in [0.25, 0.3) is 11.5 Å². The van der Waals surface area contributed by atoms with Gasteiger partial charge in [-0.25, -0.2) is 4.98 Å². The minimum atomic E-state index is -0.294. The van der Waals surface area contributed by atoms with E-state index in [1.54, 1.807) is 17.8 Å². The molecule has 7 heteroatoms. The minimum absolute atomic E-state index is 0.185. The smallest absolute Gasteiger partial charge is 0.274 e. The van der Waals surface area contributed by atoms with Crippen LogP contribution in [0.3, 0.4) is 0 Å². The van der Waals surface area contributed by atoms with Crippen LogP contribution in [0.25, 0.3) is 11.0 Å². The number of hydrogen-bond acceptors (Lipinski definition) is 3. The Bertz CT molecular complexity index is 1070. The third-order valence-corrected chi connectivity index (χ3v) is 5.26. The molecule has 0 unspecified atom stereocenters. The first-order chi connectivity index (χ1) is 12.4. The molecule has 1 aromatic carbocycles. The van der Waals surface area contributed by atoms with E-state index in [0.29, 0.717) is 22.5 Å². The standard InChI is InChI=1S/C19H19BrN4O2/c1-10(12-4-3-5-13(20)8-12)21-18(25)14-9-15(11-6-7-11)22-17-16(14)19(26)23-24(17)2/h3-5,8-11H,6-7H2,1-2H3,(H,21,25)(H,23,26)/t10-/m1/s1. The maximum atomic E-state index is 13.0. The molecule has 1 atom stereocenters.